The van der Waals surface area contributed by atoms with Gasteiger partial charge in [0.15, 0.2) is 0 Å². The number of benzene rings is 1. The van der Waals surface area contributed by atoms with Crippen molar-refractivity contribution >= 4 is 10.8 Å². The van der Waals surface area contributed by atoms with Crippen molar-refractivity contribution in [3.8, 4) is 0 Å². The number of aliphatic hydroxyl groups is 1. The van der Waals surface area contributed by atoms with Gasteiger partial charge in [0.1, 0.15) is 0 Å². The van der Waals surface area contributed by atoms with Crippen LogP contribution in [0.15, 0.2) is 35.3 Å². The molecule has 0 saturated heterocycles. The fourth-order valence-corrected chi connectivity index (χ4v) is 4.30. The van der Waals surface area contributed by atoms with Crippen LogP contribution in [0, 0.1) is 5.41 Å². The summed E-state index contributed by atoms with van der Waals surface area (Å²) in [7, 11) is 0. The summed E-state index contributed by atoms with van der Waals surface area (Å²) in [6.45, 7) is 1.58. The van der Waals surface area contributed by atoms with E-state index in [9.17, 15) is 9.90 Å². The molecule has 0 unspecified atom stereocenters. The number of fused-ring (bicyclic) bond motifs is 1. The Bertz CT molecular complexity index is 772. The Morgan fingerprint density at radius 1 is 1.09 bits per heavy atom. The van der Waals surface area contributed by atoms with Gasteiger partial charge in [0.2, 0.25) is 0 Å². The van der Waals surface area contributed by atoms with Crippen LogP contribution in [0.4, 0.5) is 0 Å². The summed E-state index contributed by atoms with van der Waals surface area (Å²) < 4.78 is 0. The molecule has 1 aromatic heterocycles. The van der Waals surface area contributed by atoms with Gasteiger partial charge in [0.05, 0.1) is 5.60 Å². The number of aromatic nitrogens is 1. The van der Waals surface area contributed by atoms with Crippen LogP contribution in [0.25, 0.3) is 10.8 Å². The van der Waals surface area contributed by atoms with Crippen molar-refractivity contribution in [2.24, 2.45) is 5.41 Å². The molecule has 2 aromatic rings. The van der Waals surface area contributed by atoms with E-state index in [2.05, 4.69) is 10.3 Å². The molecule has 2 saturated carbocycles. The van der Waals surface area contributed by atoms with E-state index in [4.69, 9.17) is 0 Å². The minimum Gasteiger partial charge on any atom is -0.389 e. The van der Waals surface area contributed by atoms with Gasteiger partial charge in [-0.1, -0.05) is 24.6 Å². The normalized spacial score (nSPS) is 21.6. The van der Waals surface area contributed by atoms with Gasteiger partial charge in [-0.2, -0.15) is 0 Å². The van der Waals surface area contributed by atoms with Crippen LogP contribution in [0.1, 0.15) is 44.1 Å². The average molecular weight is 312 g/mol. The highest BCUT2D eigenvalue weighted by molar-refractivity contribution is 5.84. The van der Waals surface area contributed by atoms with Gasteiger partial charge >= 0.3 is 0 Å². The predicted octanol–water partition coefficient (Wildman–Crippen LogP) is 2.70. The van der Waals surface area contributed by atoms with Crippen LogP contribution < -0.4 is 10.9 Å². The monoisotopic (exact) mass is 312 g/mol. The van der Waals surface area contributed by atoms with Gasteiger partial charge in [0, 0.05) is 30.1 Å². The molecule has 0 aliphatic heterocycles. The zero-order valence-electron chi connectivity index (χ0n) is 13.4. The number of nitrogens with one attached hydrogen (secondary N) is 2. The number of rotatable bonds is 5. The molecule has 1 aromatic carbocycles. The summed E-state index contributed by atoms with van der Waals surface area (Å²) in [6.07, 6.45) is 8.36. The molecule has 0 atom stereocenters. The SMILES string of the molecule is O=c1[nH]cc(CNCC2(C3(O)CCC3)CCC2)c2ccccc12. The maximum absolute atomic E-state index is 11.9. The first-order chi connectivity index (χ1) is 11.1. The largest absolute Gasteiger partial charge is 0.389 e. The second-order valence-electron chi connectivity index (χ2n) is 7.31. The molecule has 2 aliphatic carbocycles. The van der Waals surface area contributed by atoms with E-state index in [1.54, 1.807) is 0 Å². The van der Waals surface area contributed by atoms with Gasteiger partial charge < -0.3 is 15.4 Å². The predicted molar refractivity (Wildman–Crippen MR) is 91.4 cm³/mol. The molecule has 0 bridgehead atoms. The zero-order chi connectivity index (χ0) is 15.9. The molecule has 0 spiro atoms. The molecule has 0 radical (unpaired) electrons. The van der Waals surface area contributed by atoms with Crippen LogP contribution in [-0.2, 0) is 6.54 Å². The molecule has 0 amide bonds. The van der Waals surface area contributed by atoms with Gasteiger partial charge in [-0.25, -0.2) is 0 Å². The lowest BCUT2D eigenvalue weighted by atomic mass is 9.52. The third-order valence-corrected chi connectivity index (χ3v) is 6.15. The lowest BCUT2D eigenvalue weighted by Gasteiger charge is -2.58. The highest BCUT2D eigenvalue weighted by Gasteiger charge is 2.56. The van der Waals surface area contributed by atoms with Crippen molar-refractivity contribution < 1.29 is 5.11 Å². The summed E-state index contributed by atoms with van der Waals surface area (Å²) in [5, 5.41) is 16.1. The average Bonchev–Trinajstić information content (AvgIpc) is 2.50. The van der Waals surface area contributed by atoms with Crippen molar-refractivity contribution in [3.63, 3.8) is 0 Å². The van der Waals surface area contributed by atoms with Crippen LogP contribution >= 0.6 is 0 Å². The Hall–Kier alpha value is -1.65. The number of hydrogen-bond acceptors (Lipinski definition) is 3. The van der Waals surface area contributed by atoms with Crippen LogP contribution in [0.5, 0.6) is 0 Å². The third kappa shape index (κ3) is 2.32. The zero-order valence-corrected chi connectivity index (χ0v) is 13.4. The van der Waals surface area contributed by atoms with E-state index >= 15 is 0 Å². The fraction of sp³-hybridized carbons (Fsp3) is 0.526. The first-order valence-corrected chi connectivity index (χ1v) is 8.66. The van der Waals surface area contributed by atoms with Gasteiger partial charge in [-0.3, -0.25) is 4.79 Å². The van der Waals surface area contributed by atoms with Crippen molar-refractivity contribution in [1.29, 1.82) is 0 Å². The standard InChI is InChI=1S/C19H24N2O2/c22-17-16-6-2-1-5-15(16)14(12-21-17)11-20-13-18(7-3-8-18)19(23)9-4-10-19/h1-2,5-6,12,20,23H,3-4,7-11,13H2,(H,21,22). The first kappa shape index (κ1) is 14.9. The number of hydrogen-bond donors (Lipinski definition) is 3. The summed E-state index contributed by atoms with van der Waals surface area (Å²) in [4.78, 5) is 14.7. The second-order valence-corrected chi connectivity index (χ2v) is 7.31. The highest BCUT2D eigenvalue weighted by Crippen LogP contribution is 2.56. The number of pyridine rings is 1. The van der Waals surface area contributed by atoms with Gasteiger partial charge in [0.25, 0.3) is 5.56 Å². The Kier molecular flexibility index (Phi) is 3.54. The fourth-order valence-electron chi connectivity index (χ4n) is 4.30. The Labute approximate surface area is 135 Å². The molecular weight excluding hydrogens is 288 g/mol. The van der Waals surface area contributed by atoms with Crippen LogP contribution in [-0.4, -0.2) is 22.2 Å². The minimum atomic E-state index is -0.439. The molecule has 122 valence electrons. The van der Waals surface area contributed by atoms with Gasteiger partial charge in [-0.05, 0) is 49.1 Å². The maximum atomic E-state index is 11.9. The molecule has 23 heavy (non-hydrogen) atoms. The van der Waals surface area contributed by atoms with E-state index < -0.39 is 5.60 Å². The third-order valence-electron chi connectivity index (χ3n) is 6.15. The molecule has 2 fully saturated rings. The molecule has 4 nitrogen and oxygen atoms in total. The lowest BCUT2D eigenvalue weighted by molar-refractivity contribution is -0.172. The molecule has 1 heterocycles. The van der Waals surface area contributed by atoms with Crippen molar-refractivity contribution in [3.05, 3.63) is 46.4 Å². The number of H-pyrrole nitrogens is 1. The van der Waals surface area contributed by atoms with Gasteiger partial charge in [-0.15, -0.1) is 0 Å². The van der Waals surface area contributed by atoms with Crippen molar-refractivity contribution in [1.82, 2.24) is 10.3 Å². The highest BCUT2D eigenvalue weighted by atomic mass is 16.3. The lowest BCUT2D eigenvalue weighted by Crippen LogP contribution is -2.60. The topological polar surface area (TPSA) is 65.1 Å². The summed E-state index contributed by atoms with van der Waals surface area (Å²) in [5.74, 6) is 0. The smallest absolute Gasteiger partial charge is 0.255 e. The van der Waals surface area contributed by atoms with Crippen molar-refractivity contribution in [2.45, 2.75) is 50.7 Å². The minimum absolute atomic E-state index is 0.0383. The van der Waals surface area contributed by atoms with Crippen LogP contribution in [0.2, 0.25) is 0 Å². The number of aromatic amines is 1. The Morgan fingerprint density at radius 3 is 2.39 bits per heavy atom. The van der Waals surface area contributed by atoms with Crippen LogP contribution in [0.3, 0.4) is 0 Å². The van der Waals surface area contributed by atoms with E-state index in [0.717, 1.165) is 61.5 Å². The van der Waals surface area contributed by atoms with Crippen molar-refractivity contribution in [2.75, 3.05) is 6.54 Å². The second kappa shape index (κ2) is 5.46. The Morgan fingerprint density at radius 2 is 1.78 bits per heavy atom. The summed E-state index contributed by atoms with van der Waals surface area (Å²) >= 11 is 0. The molecule has 4 rings (SSSR count). The summed E-state index contributed by atoms with van der Waals surface area (Å²) in [5.41, 5.74) is 0.702. The molecule has 4 heteroatoms. The molecule has 3 N–H and O–H groups in total. The van der Waals surface area contributed by atoms with E-state index in [1.165, 1.54) is 6.42 Å². The first-order valence-electron chi connectivity index (χ1n) is 8.66. The van der Waals surface area contributed by atoms with E-state index in [-0.39, 0.29) is 11.0 Å². The van der Waals surface area contributed by atoms with E-state index in [1.807, 2.05) is 30.5 Å². The molecule has 2 aliphatic rings. The maximum Gasteiger partial charge on any atom is 0.255 e. The Balaban J connectivity index is 1.50. The molecular formula is C19H24N2O2. The summed E-state index contributed by atoms with van der Waals surface area (Å²) in [6, 6.07) is 7.72. The quantitative estimate of drug-likeness (QED) is 0.795. The van der Waals surface area contributed by atoms with E-state index in [0.29, 0.717) is 0 Å².